The van der Waals surface area contributed by atoms with Crippen molar-refractivity contribution in [3.63, 3.8) is 0 Å². The monoisotopic (exact) mass is 355 g/mol. The van der Waals surface area contributed by atoms with Crippen molar-refractivity contribution >= 4 is 23.4 Å². The molecule has 130 valence electrons. The molecule has 3 aromatic rings. The minimum absolute atomic E-state index is 0. The first-order valence-corrected chi connectivity index (χ1v) is 8.82. The molecule has 0 N–H and O–H groups in total. The molecule has 0 aliphatic carbocycles. The fourth-order valence-electron chi connectivity index (χ4n) is 4.09. The van der Waals surface area contributed by atoms with Gasteiger partial charge in [0.05, 0.1) is 6.26 Å². The van der Waals surface area contributed by atoms with Crippen LogP contribution in [0.4, 0.5) is 0 Å². The topological polar surface area (TPSA) is 25.6 Å². The van der Waals surface area contributed by atoms with Crippen LogP contribution in [0.5, 0.6) is 5.75 Å². The van der Waals surface area contributed by atoms with Gasteiger partial charge in [0.2, 0.25) is 0 Å². The van der Waals surface area contributed by atoms with Crippen molar-refractivity contribution in [2.24, 2.45) is 5.92 Å². The molecular formula is C21H22ClNO2. The van der Waals surface area contributed by atoms with Gasteiger partial charge >= 0.3 is 0 Å². The molecule has 0 saturated carbocycles. The summed E-state index contributed by atoms with van der Waals surface area (Å²) in [5, 5.41) is 1.14. The van der Waals surface area contributed by atoms with Crippen LogP contribution in [0.15, 0.2) is 59.2 Å². The average molecular weight is 356 g/mol. The van der Waals surface area contributed by atoms with Gasteiger partial charge in [-0.1, -0.05) is 18.2 Å². The molecule has 3 saturated heterocycles. The molecule has 0 radical (unpaired) electrons. The van der Waals surface area contributed by atoms with Gasteiger partial charge in [0.25, 0.3) is 0 Å². The van der Waals surface area contributed by atoms with Crippen LogP contribution in [0.25, 0.3) is 22.1 Å². The highest BCUT2D eigenvalue weighted by Crippen LogP contribution is 2.32. The molecule has 2 bridgehead atoms. The fourth-order valence-corrected chi connectivity index (χ4v) is 4.09. The Kier molecular flexibility index (Phi) is 4.45. The largest absolute Gasteiger partial charge is 0.489 e. The van der Waals surface area contributed by atoms with Crippen molar-refractivity contribution in [3.05, 3.63) is 54.8 Å². The average Bonchev–Trinajstić information content (AvgIpc) is 3.11. The van der Waals surface area contributed by atoms with Crippen LogP contribution in [0.1, 0.15) is 12.8 Å². The zero-order chi connectivity index (χ0) is 15.9. The van der Waals surface area contributed by atoms with Gasteiger partial charge in [-0.15, -0.1) is 12.4 Å². The second-order valence-electron chi connectivity index (χ2n) is 6.99. The van der Waals surface area contributed by atoms with E-state index >= 15 is 0 Å². The smallest absolute Gasteiger partial charge is 0.133 e. The maximum atomic E-state index is 6.28. The zero-order valence-corrected chi connectivity index (χ0v) is 14.9. The first-order chi connectivity index (χ1) is 11.8. The highest BCUT2D eigenvalue weighted by atomic mass is 35.5. The van der Waals surface area contributed by atoms with Gasteiger partial charge in [-0.3, -0.25) is 4.90 Å². The van der Waals surface area contributed by atoms with Gasteiger partial charge in [0.1, 0.15) is 17.4 Å². The van der Waals surface area contributed by atoms with Gasteiger partial charge in [0.15, 0.2) is 0 Å². The number of rotatable bonds is 3. The standard InChI is InChI=1S/C21H21NO2.ClH/c1-4-19(24-21-14-22-10-7-16(21)8-11-22)5-2-15(1)17-3-6-20-18(13-17)9-12-23-20;/h1-6,9,12-13,16,21H,7-8,10-11,14H2;1H. The molecule has 4 heterocycles. The van der Waals surface area contributed by atoms with Gasteiger partial charge in [-0.2, -0.15) is 0 Å². The van der Waals surface area contributed by atoms with Crippen molar-refractivity contribution in [1.82, 2.24) is 4.90 Å². The second-order valence-corrected chi connectivity index (χ2v) is 6.99. The molecule has 0 spiro atoms. The van der Waals surface area contributed by atoms with Crippen LogP contribution < -0.4 is 4.74 Å². The van der Waals surface area contributed by atoms with E-state index in [1.54, 1.807) is 6.26 Å². The van der Waals surface area contributed by atoms with E-state index in [2.05, 4.69) is 41.3 Å². The molecule has 1 aromatic heterocycles. The number of piperidine rings is 3. The van der Waals surface area contributed by atoms with Crippen LogP contribution in [-0.4, -0.2) is 30.6 Å². The van der Waals surface area contributed by atoms with Crippen molar-refractivity contribution in [2.75, 3.05) is 19.6 Å². The molecule has 0 amide bonds. The number of hydrogen-bond donors (Lipinski definition) is 0. The predicted octanol–water partition coefficient (Wildman–Crippen LogP) is 4.99. The van der Waals surface area contributed by atoms with E-state index in [9.17, 15) is 0 Å². The Balaban J connectivity index is 0.00000157. The lowest BCUT2D eigenvalue weighted by Gasteiger charge is -2.44. The third kappa shape index (κ3) is 3.14. The van der Waals surface area contributed by atoms with Gasteiger partial charge in [-0.25, -0.2) is 0 Å². The molecule has 3 fully saturated rings. The Morgan fingerprint density at radius 2 is 1.68 bits per heavy atom. The van der Waals surface area contributed by atoms with E-state index in [0.717, 1.165) is 29.2 Å². The molecule has 6 rings (SSSR count). The molecule has 3 aliphatic rings. The number of ether oxygens (including phenoxy) is 1. The Morgan fingerprint density at radius 1 is 0.920 bits per heavy atom. The lowest BCUT2D eigenvalue weighted by molar-refractivity contribution is -0.00775. The van der Waals surface area contributed by atoms with E-state index < -0.39 is 0 Å². The van der Waals surface area contributed by atoms with Crippen molar-refractivity contribution in [1.29, 1.82) is 0 Å². The van der Waals surface area contributed by atoms with Crippen LogP contribution in [0.3, 0.4) is 0 Å². The second kappa shape index (κ2) is 6.74. The summed E-state index contributed by atoms with van der Waals surface area (Å²) >= 11 is 0. The summed E-state index contributed by atoms with van der Waals surface area (Å²) in [6, 6.07) is 16.8. The van der Waals surface area contributed by atoms with Crippen LogP contribution in [0, 0.1) is 5.92 Å². The molecule has 1 atom stereocenters. The molecule has 3 nitrogen and oxygen atoms in total. The number of nitrogens with zero attached hydrogens (tertiary/aromatic N) is 1. The summed E-state index contributed by atoms with van der Waals surface area (Å²) < 4.78 is 11.7. The third-order valence-corrected chi connectivity index (χ3v) is 5.52. The highest BCUT2D eigenvalue weighted by Gasteiger charge is 2.35. The predicted molar refractivity (Wildman–Crippen MR) is 102 cm³/mol. The van der Waals surface area contributed by atoms with E-state index in [0.29, 0.717) is 6.10 Å². The van der Waals surface area contributed by atoms with Crippen molar-refractivity contribution < 1.29 is 9.15 Å². The van der Waals surface area contributed by atoms with E-state index in [1.165, 1.54) is 37.1 Å². The summed E-state index contributed by atoms with van der Waals surface area (Å²) in [5.41, 5.74) is 3.35. The Labute approximate surface area is 154 Å². The molecule has 2 aromatic carbocycles. The third-order valence-electron chi connectivity index (χ3n) is 5.52. The van der Waals surface area contributed by atoms with Crippen LogP contribution >= 0.6 is 12.4 Å². The van der Waals surface area contributed by atoms with Crippen molar-refractivity contribution in [2.45, 2.75) is 18.9 Å². The quantitative estimate of drug-likeness (QED) is 0.661. The van der Waals surface area contributed by atoms with E-state index in [1.807, 2.05) is 12.1 Å². The Bertz CT molecular complexity index is 850. The number of hydrogen-bond acceptors (Lipinski definition) is 3. The summed E-state index contributed by atoms with van der Waals surface area (Å²) in [5.74, 6) is 1.72. The maximum Gasteiger partial charge on any atom is 0.133 e. The Morgan fingerprint density at radius 3 is 2.40 bits per heavy atom. The van der Waals surface area contributed by atoms with Crippen molar-refractivity contribution in [3.8, 4) is 16.9 Å². The highest BCUT2D eigenvalue weighted by molar-refractivity contribution is 5.85. The lowest BCUT2D eigenvalue weighted by Crippen LogP contribution is -2.52. The molecule has 4 heteroatoms. The van der Waals surface area contributed by atoms with E-state index in [-0.39, 0.29) is 12.4 Å². The van der Waals surface area contributed by atoms with E-state index in [4.69, 9.17) is 9.15 Å². The van der Waals surface area contributed by atoms with Gasteiger partial charge in [0, 0.05) is 11.9 Å². The lowest BCUT2D eigenvalue weighted by atomic mass is 9.86. The fraction of sp³-hybridized carbons (Fsp3) is 0.333. The van der Waals surface area contributed by atoms with Crippen LogP contribution in [0.2, 0.25) is 0 Å². The van der Waals surface area contributed by atoms with Gasteiger partial charge in [-0.05, 0) is 73.3 Å². The molecule has 3 aliphatic heterocycles. The molecular weight excluding hydrogens is 334 g/mol. The normalized spacial score (nSPS) is 24.9. The minimum Gasteiger partial charge on any atom is -0.489 e. The number of benzene rings is 2. The summed E-state index contributed by atoms with van der Waals surface area (Å²) in [6.07, 6.45) is 4.67. The Hall–Kier alpha value is -1.97. The first kappa shape index (κ1) is 16.5. The van der Waals surface area contributed by atoms with Crippen LogP contribution in [-0.2, 0) is 0 Å². The van der Waals surface area contributed by atoms with Gasteiger partial charge < -0.3 is 9.15 Å². The number of halogens is 1. The summed E-state index contributed by atoms with van der Waals surface area (Å²) in [6.45, 7) is 3.59. The number of fused-ring (bicyclic) bond motifs is 4. The summed E-state index contributed by atoms with van der Waals surface area (Å²) in [7, 11) is 0. The zero-order valence-electron chi connectivity index (χ0n) is 14.1. The molecule has 25 heavy (non-hydrogen) atoms. The summed E-state index contributed by atoms with van der Waals surface area (Å²) in [4.78, 5) is 2.53. The maximum absolute atomic E-state index is 6.28. The molecule has 1 unspecified atom stereocenters. The first-order valence-electron chi connectivity index (χ1n) is 8.82. The SMILES string of the molecule is Cl.c1cc2cc(-c3ccc(OC4CN5CCC4CC5)cc3)ccc2o1. The minimum atomic E-state index is 0. The number of furan rings is 1.